The van der Waals surface area contributed by atoms with E-state index in [4.69, 9.17) is 0 Å². The molecule has 1 fully saturated rings. The van der Waals surface area contributed by atoms with Crippen molar-refractivity contribution in [3.63, 3.8) is 0 Å². The molecule has 10 heavy (non-hydrogen) atoms. The monoisotopic (exact) mass is 142 g/mol. The molecule has 0 spiro atoms. The second-order valence-corrected chi connectivity index (χ2v) is 2.91. The van der Waals surface area contributed by atoms with Gasteiger partial charge in [-0.05, 0) is 18.8 Å². The molecule has 0 aromatic heterocycles. The highest BCUT2D eigenvalue weighted by molar-refractivity contribution is 5.75. The topological polar surface area (TPSA) is 26.3 Å². The van der Waals surface area contributed by atoms with Gasteiger partial charge in [-0.15, -0.1) is 0 Å². The fraction of sp³-hybridized carbons (Fsp3) is 0.875. The number of esters is 1. The lowest BCUT2D eigenvalue weighted by molar-refractivity contribution is -0.142. The minimum atomic E-state index is -0.0153. The molecule has 0 aromatic rings. The van der Waals surface area contributed by atoms with E-state index < -0.39 is 0 Å². The van der Waals surface area contributed by atoms with Crippen LogP contribution in [0.1, 0.15) is 26.2 Å². The highest BCUT2D eigenvalue weighted by Gasteiger charge is 2.42. The third-order valence-electron chi connectivity index (χ3n) is 2.09. The van der Waals surface area contributed by atoms with Crippen LogP contribution in [0.4, 0.5) is 0 Å². The number of methoxy groups -OCH3 is 1. The lowest BCUT2D eigenvalue weighted by atomic mass is 10.2. The fourth-order valence-electron chi connectivity index (χ4n) is 1.38. The van der Waals surface area contributed by atoms with Crippen molar-refractivity contribution in [2.24, 2.45) is 11.8 Å². The Hall–Kier alpha value is -0.530. The Morgan fingerprint density at radius 3 is 2.90 bits per heavy atom. The molecule has 0 aromatic carbocycles. The highest BCUT2D eigenvalue weighted by atomic mass is 16.5. The molecule has 0 amide bonds. The van der Waals surface area contributed by atoms with Gasteiger partial charge in [0.2, 0.25) is 0 Å². The van der Waals surface area contributed by atoms with Crippen LogP contribution >= 0.6 is 0 Å². The van der Waals surface area contributed by atoms with Crippen LogP contribution in [0.5, 0.6) is 0 Å². The zero-order valence-corrected chi connectivity index (χ0v) is 6.59. The van der Waals surface area contributed by atoms with E-state index in [-0.39, 0.29) is 11.9 Å². The molecule has 0 heterocycles. The summed E-state index contributed by atoms with van der Waals surface area (Å²) in [6, 6.07) is 0. The third kappa shape index (κ3) is 1.49. The molecule has 2 heteroatoms. The summed E-state index contributed by atoms with van der Waals surface area (Å²) in [5, 5.41) is 0. The van der Waals surface area contributed by atoms with E-state index in [2.05, 4.69) is 11.7 Å². The van der Waals surface area contributed by atoms with Crippen molar-refractivity contribution >= 4 is 5.97 Å². The summed E-state index contributed by atoms with van der Waals surface area (Å²) in [6.07, 6.45) is 3.42. The van der Waals surface area contributed by atoms with Crippen LogP contribution in [-0.4, -0.2) is 13.1 Å². The van der Waals surface area contributed by atoms with Crippen molar-refractivity contribution in [3.8, 4) is 0 Å². The van der Waals surface area contributed by atoms with E-state index in [0.29, 0.717) is 5.92 Å². The van der Waals surface area contributed by atoms with Crippen LogP contribution in [0, 0.1) is 11.8 Å². The third-order valence-corrected chi connectivity index (χ3v) is 2.09. The van der Waals surface area contributed by atoms with Gasteiger partial charge in [-0.1, -0.05) is 13.3 Å². The fourth-order valence-corrected chi connectivity index (χ4v) is 1.38. The minimum Gasteiger partial charge on any atom is -0.469 e. The molecule has 1 saturated carbocycles. The van der Waals surface area contributed by atoms with Gasteiger partial charge < -0.3 is 4.74 Å². The average Bonchev–Trinajstić information content (AvgIpc) is 2.67. The summed E-state index contributed by atoms with van der Waals surface area (Å²) in [7, 11) is 1.46. The van der Waals surface area contributed by atoms with Crippen LogP contribution in [0.25, 0.3) is 0 Å². The van der Waals surface area contributed by atoms with Gasteiger partial charge in [0.05, 0.1) is 13.0 Å². The zero-order valence-electron chi connectivity index (χ0n) is 6.59. The van der Waals surface area contributed by atoms with Gasteiger partial charge in [-0.2, -0.15) is 0 Å². The van der Waals surface area contributed by atoms with Crippen molar-refractivity contribution < 1.29 is 9.53 Å². The molecular weight excluding hydrogens is 128 g/mol. The molecule has 1 rings (SSSR count). The van der Waals surface area contributed by atoms with Crippen LogP contribution in [-0.2, 0) is 9.53 Å². The zero-order chi connectivity index (χ0) is 7.56. The van der Waals surface area contributed by atoms with Gasteiger partial charge >= 0.3 is 5.97 Å². The maximum absolute atomic E-state index is 10.8. The molecule has 58 valence electrons. The second-order valence-electron chi connectivity index (χ2n) is 2.91. The number of hydrogen-bond donors (Lipinski definition) is 0. The van der Waals surface area contributed by atoms with Gasteiger partial charge in [0.1, 0.15) is 0 Å². The number of rotatable bonds is 3. The molecule has 2 nitrogen and oxygen atoms in total. The Morgan fingerprint density at radius 2 is 2.40 bits per heavy atom. The largest absolute Gasteiger partial charge is 0.469 e. The first-order chi connectivity index (χ1) is 4.79. The van der Waals surface area contributed by atoms with E-state index in [1.165, 1.54) is 20.0 Å². The maximum atomic E-state index is 10.8. The van der Waals surface area contributed by atoms with Crippen LogP contribution in [0.2, 0.25) is 0 Å². The molecule has 0 bridgehead atoms. The molecule has 0 N–H and O–H groups in total. The second kappa shape index (κ2) is 3.04. The Balaban J connectivity index is 2.18. The number of carbonyl (C=O) groups is 1. The van der Waals surface area contributed by atoms with Crippen molar-refractivity contribution in [2.75, 3.05) is 7.11 Å². The van der Waals surface area contributed by atoms with Crippen molar-refractivity contribution in [1.29, 1.82) is 0 Å². The van der Waals surface area contributed by atoms with Gasteiger partial charge in [0, 0.05) is 0 Å². The Labute approximate surface area is 61.6 Å². The summed E-state index contributed by atoms with van der Waals surface area (Å²) in [6.45, 7) is 2.15. The van der Waals surface area contributed by atoms with Crippen LogP contribution in [0.15, 0.2) is 0 Å². The van der Waals surface area contributed by atoms with Crippen molar-refractivity contribution in [2.45, 2.75) is 26.2 Å². The van der Waals surface area contributed by atoms with Crippen LogP contribution < -0.4 is 0 Å². The van der Waals surface area contributed by atoms with Gasteiger partial charge in [-0.25, -0.2) is 0 Å². The van der Waals surface area contributed by atoms with Gasteiger partial charge in [0.25, 0.3) is 0 Å². The molecule has 1 aliphatic carbocycles. The van der Waals surface area contributed by atoms with E-state index in [0.717, 1.165) is 6.42 Å². The van der Waals surface area contributed by atoms with E-state index in [1.54, 1.807) is 0 Å². The van der Waals surface area contributed by atoms with Gasteiger partial charge in [0.15, 0.2) is 0 Å². The summed E-state index contributed by atoms with van der Waals surface area (Å²) < 4.78 is 4.61. The lowest BCUT2D eigenvalue weighted by Crippen LogP contribution is -2.03. The summed E-state index contributed by atoms with van der Waals surface area (Å²) in [5.41, 5.74) is 0. The predicted molar refractivity (Wildman–Crippen MR) is 38.5 cm³/mol. The van der Waals surface area contributed by atoms with Crippen molar-refractivity contribution in [3.05, 3.63) is 0 Å². The Kier molecular flexibility index (Phi) is 2.30. The number of carbonyl (C=O) groups excluding carboxylic acids is 1. The first kappa shape index (κ1) is 7.58. The molecule has 2 atom stereocenters. The summed E-state index contributed by atoms with van der Waals surface area (Å²) >= 11 is 0. The predicted octanol–water partition coefficient (Wildman–Crippen LogP) is 1.60. The molecule has 2 unspecified atom stereocenters. The standard InChI is InChI=1S/C8H14O2/c1-3-4-6-5-7(6)8(9)10-2/h6-7H,3-5H2,1-2H3. The first-order valence-electron chi connectivity index (χ1n) is 3.87. The van der Waals surface area contributed by atoms with E-state index in [9.17, 15) is 4.79 Å². The quantitative estimate of drug-likeness (QED) is 0.559. The molecular formula is C8H14O2. The van der Waals surface area contributed by atoms with Crippen molar-refractivity contribution in [1.82, 2.24) is 0 Å². The maximum Gasteiger partial charge on any atom is 0.308 e. The molecule has 0 aliphatic heterocycles. The van der Waals surface area contributed by atoms with Gasteiger partial charge in [-0.3, -0.25) is 4.79 Å². The summed E-state index contributed by atoms with van der Waals surface area (Å²) in [5.74, 6) is 0.862. The molecule has 0 radical (unpaired) electrons. The first-order valence-corrected chi connectivity index (χ1v) is 3.87. The highest BCUT2D eigenvalue weighted by Crippen LogP contribution is 2.42. The minimum absolute atomic E-state index is 0.0153. The normalized spacial score (nSPS) is 29.8. The molecule has 0 saturated heterocycles. The average molecular weight is 142 g/mol. The number of hydrogen-bond acceptors (Lipinski definition) is 2. The Bertz CT molecular complexity index is 131. The summed E-state index contributed by atoms with van der Waals surface area (Å²) in [4.78, 5) is 10.8. The van der Waals surface area contributed by atoms with Crippen LogP contribution in [0.3, 0.4) is 0 Å². The van der Waals surface area contributed by atoms with E-state index >= 15 is 0 Å². The SMILES string of the molecule is CCCC1CC1C(=O)OC. The molecule has 1 aliphatic rings. The van der Waals surface area contributed by atoms with E-state index in [1.807, 2.05) is 0 Å². The number of ether oxygens (including phenoxy) is 1. The smallest absolute Gasteiger partial charge is 0.308 e. The lowest BCUT2D eigenvalue weighted by Gasteiger charge is -1.95. The Morgan fingerprint density at radius 1 is 1.70 bits per heavy atom.